The molecule has 0 heterocycles. The van der Waals surface area contributed by atoms with E-state index in [1.807, 2.05) is 49.4 Å². The van der Waals surface area contributed by atoms with E-state index in [9.17, 15) is 9.90 Å². The van der Waals surface area contributed by atoms with Crippen molar-refractivity contribution in [1.82, 2.24) is 0 Å². The molecule has 0 aliphatic heterocycles. The van der Waals surface area contributed by atoms with Gasteiger partial charge in [-0.1, -0.05) is 49.4 Å². The Labute approximate surface area is 124 Å². The number of nitrogens with two attached hydrogens (primary N) is 2. The van der Waals surface area contributed by atoms with Gasteiger partial charge < -0.3 is 16.6 Å². The van der Waals surface area contributed by atoms with Crippen molar-refractivity contribution in [1.29, 1.82) is 0 Å². The smallest absolute Gasteiger partial charge is 0.235 e. The molecule has 0 saturated carbocycles. The Hall–Kier alpha value is -2.33. The highest BCUT2D eigenvalue weighted by Gasteiger charge is 2.37. The summed E-state index contributed by atoms with van der Waals surface area (Å²) in [5, 5.41) is 9.37. The molecule has 0 aromatic heterocycles. The topological polar surface area (TPSA) is 89.3 Å². The molecule has 2 unspecified atom stereocenters. The van der Waals surface area contributed by atoms with Gasteiger partial charge in [-0.15, -0.1) is 0 Å². The Balaban J connectivity index is 2.41. The second-order valence-corrected chi connectivity index (χ2v) is 5.51. The molecule has 2 atom stereocenters. The van der Waals surface area contributed by atoms with Crippen LogP contribution in [-0.2, 0) is 16.6 Å². The predicted octanol–water partition coefficient (Wildman–Crippen LogP) is 1.71. The molecule has 0 saturated heterocycles. The molecule has 2 rings (SSSR count). The number of carbonyl (C=O) groups excluding carboxylic acids is 1. The first-order valence-corrected chi connectivity index (χ1v) is 6.82. The van der Waals surface area contributed by atoms with Crippen LogP contribution < -0.4 is 11.5 Å². The Bertz CT molecular complexity index is 610. The summed E-state index contributed by atoms with van der Waals surface area (Å²) >= 11 is 0. The fourth-order valence-corrected chi connectivity index (χ4v) is 2.56. The maximum Gasteiger partial charge on any atom is 0.235 e. The molecule has 2 aromatic carbocycles. The third kappa shape index (κ3) is 3.23. The van der Waals surface area contributed by atoms with E-state index in [1.54, 1.807) is 12.1 Å². The summed E-state index contributed by atoms with van der Waals surface area (Å²) in [4.78, 5) is 11.6. The molecule has 5 N–H and O–H groups in total. The second-order valence-electron chi connectivity index (χ2n) is 5.51. The number of aromatic hydroxyl groups is 1. The van der Waals surface area contributed by atoms with Crippen LogP contribution in [0.1, 0.15) is 18.1 Å². The monoisotopic (exact) mass is 284 g/mol. The lowest BCUT2D eigenvalue weighted by Crippen LogP contribution is -2.52. The van der Waals surface area contributed by atoms with E-state index in [-0.39, 0.29) is 5.75 Å². The quantitative estimate of drug-likeness (QED) is 0.780. The summed E-state index contributed by atoms with van der Waals surface area (Å²) in [6.45, 7) is 1.94. The molecule has 21 heavy (non-hydrogen) atoms. The van der Waals surface area contributed by atoms with Crippen LogP contribution in [-0.4, -0.2) is 17.1 Å². The lowest BCUT2D eigenvalue weighted by Gasteiger charge is -2.34. The zero-order valence-electron chi connectivity index (χ0n) is 12.0. The van der Waals surface area contributed by atoms with E-state index in [4.69, 9.17) is 11.5 Å². The molecule has 0 aliphatic rings. The molecule has 4 nitrogen and oxygen atoms in total. The van der Waals surface area contributed by atoms with Gasteiger partial charge in [0.05, 0.1) is 6.04 Å². The average Bonchev–Trinajstić information content (AvgIpc) is 2.49. The highest BCUT2D eigenvalue weighted by Crippen LogP contribution is 2.31. The fourth-order valence-electron chi connectivity index (χ4n) is 2.56. The van der Waals surface area contributed by atoms with E-state index in [0.29, 0.717) is 6.42 Å². The van der Waals surface area contributed by atoms with Crippen LogP contribution >= 0.6 is 0 Å². The van der Waals surface area contributed by atoms with Gasteiger partial charge in [0.1, 0.15) is 5.75 Å². The predicted molar refractivity (Wildman–Crippen MR) is 82.8 cm³/mol. The van der Waals surface area contributed by atoms with Crippen LogP contribution in [0.15, 0.2) is 54.6 Å². The molecule has 0 fully saturated rings. The average molecular weight is 284 g/mol. The van der Waals surface area contributed by atoms with Crippen molar-refractivity contribution in [3.63, 3.8) is 0 Å². The van der Waals surface area contributed by atoms with Gasteiger partial charge >= 0.3 is 0 Å². The van der Waals surface area contributed by atoms with Gasteiger partial charge in [0, 0.05) is 5.41 Å². The number of carbonyl (C=O) groups is 1. The first-order chi connectivity index (χ1) is 9.93. The summed E-state index contributed by atoms with van der Waals surface area (Å²) < 4.78 is 0. The number of primary amides is 1. The Kier molecular flexibility index (Phi) is 4.29. The number of phenolic OH excluding ortho intramolecular Hbond substituents is 1. The summed E-state index contributed by atoms with van der Waals surface area (Å²) in [5.74, 6) is -0.320. The maximum absolute atomic E-state index is 11.6. The fraction of sp³-hybridized carbons (Fsp3) is 0.235. The highest BCUT2D eigenvalue weighted by atomic mass is 16.3. The SMILES string of the molecule is CC(Cc1ccc(O)cc1)(c1ccccc1)C(N)C(N)=O. The van der Waals surface area contributed by atoms with Crippen LogP contribution in [0.3, 0.4) is 0 Å². The molecule has 0 spiro atoms. The van der Waals surface area contributed by atoms with Crippen molar-refractivity contribution in [2.24, 2.45) is 11.5 Å². The molecule has 0 bridgehead atoms. The maximum atomic E-state index is 11.6. The molecular weight excluding hydrogens is 264 g/mol. The van der Waals surface area contributed by atoms with Crippen LogP contribution in [0.2, 0.25) is 0 Å². The summed E-state index contributed by atoms with van der Waals surface area (Å²) in [7, 11) is 0. The van der Waals surface area contributed by atoms with Crippen molar-refractivity contribution in [2.45, 2.75) is 24.8 Å². The van der Waals surface area contributed by atoms with Gasteiger partial charge in [-0.2, -0.15) is 0 Å². The highest BCUT2D eigenvalue weighted by molar-refractivity contribution is 5.81. The van der Waals surface area contributed by atoms with Gasteiger partial charge in [0.2, 0.25) is 5.91 Å². The van der Waals surface area contributed by atoms with Gasteiger partial charge in [-0.25, -0.2) is 0 Å². The number of benzene rings is 2. The number of hydrogen-bond acceptors (Lipinski definition) is 3. The van der Waals surface area contributed by atoms with Crippen LogP contribution in [0.25, 0.3) is 0 Å². The van der Waals surface area contributed by atoms with Crippen molar-refractivity contribution in [2.75, 3.05) is 0 Å². The van der Waals surface area contributed by atoms with Gasteiger partial charge in [0.15, 0.2) is 0 Å². The molecule has 1 amide bonds. The minimum atomic E-state index is -0.797. The minimum Gasteiger partial charge on any atom is -0.508 e. The normalized spacial score (nSPS) is 15.1. The lowest BCUT2D eigenvalue weighted by molar-refractivity contribution is -0.120. The molecule has 0 aliphatic carbocycles. The zero-order valence-corrected chi connectivity index (χ0v) is 12.0. The number of phenols is 1. The van der Waals surface area contributed by atoms with Crippen molar-refractivity contribution >= 4 is 5.91 Å². The largest absolute Gasteiger partial charge is 0.508 e. The van der Waals surface area contributed by atoms with Crippen molar-refractivity contribution in [3.8, 4) is 5.75 Å². The zero-order chi connectivity index (χ0) is 15.5. The Morgan fingerprint density at radius 1 is 1.14 bits per heavy atom. The van der Waals surface area contributed by atoms with Gasteiger partial charge in [0.25, 0.3) is 0 Å². The molecule has 0 radical (unpaired) electrons. The van der Waals surface area contributed by atoms with Gasteiger partial charge in [-0.3, -0.25) is 4.79 Å². The number of hydrogen-bond donors (Lipinski definition) is 3. The molecule has 2 aromatic rings. The first kappa shape index (κ1) is 15.1. The summed E-state index contributed by atoms with van der Waals surface area (Å²) in [5.41, 5.74) is 12.9. The van der Waals surface area contributed by atoms with Crippen molar-refractivity contribution < 1.29 is 9.90 Å². The Morgan fingerprint density at radius 2 is 1.71 bits per heavy atom. The van der Waals surface area contributed by atoms with Crippen LogP contribution in [0.5, 0.6) is 5.75 Å². The Morgan fingerprint density at radius 3 is 2.24 bits per heavy atom. The first-order valence-electron chi connectivity index (χ1n) is 6.82. The van der Waals surface area contributed by atoms with E-state index in [2.05, 4.69) is 0 Å². The molecule has 110 valence electrons. The minimum absolute atomic E-state index is 0.208. The standard InChI is InChI=1S/C17H20N2O2/c1-17(15(18)16(19)21,13-5-3-2-4-6-13)11-12-7-9-14(20)10-8-12/h2-10,15,20H,11,18H2,1H3,(H2,19,21). The second kappa shape index (κ2) is 5.97. The summed E-state index contributed by atoms with van der Waals surface area (Å²) in [6.07, 6.45) is 0.557. The van der Waals surface area contributed by atoms with E-state index in [1.165, 1.54) is 0 Å². The van der Waals surface area contributed by atoms with Crippen LogP contribution in [0, 0.1) is 0 Å². The number of amides is 1. The van der Waals surface area contributed by atoms with E-state index in [0.717, 1.165) is 11.1 Å². The van der Waals surface area contributed by atoms with E-state index < -0.39 is 17.4 Å². The number of rotatable bonds is 5. The van der Waals surface area contributed by atoms with Crippen molar-refractivity contribution in [3.05, 3.63) is 65.7 Å². The summed E-state index contributed by atoms with van der Waals surface area (Å²) in [6, 6.07) is 15.7. The van der Waals surface area contributed by atoms with Crippen LogP contribution in [0.4, 0.5) is 0 Å². The lowest BCUT2D eigenvalue weighted by atomic mass is 9.71. The third-order valence-electron chi connectivity index (χ3n) is 3.93. The third-order valence-corrected chi connectivity index (χ3v) is 3.93. The molecule has 4 heteroatoms. The van der Waals surface area contributed by atoms with Gasteiger partial charge in [-0.05, 0) is 29.7 Å². The van der Waals surface area contributed by atoms with E-state index >= 15 is 0 Å². The molecular formula is C17H20N2O2.